The summed E-state index contributed by atoms with van der Waals surface area (Å²) in [4.78, 5) is 12.5. The second-order valence-corrected chi connectivity index (χ2v) is 5.47. The number of carbonyl (C=O) groups is 1. The van der Waals surface area contributed by atoms with Crippen LogP contribution in [0.3, 0.4) is 0 Å². The fraction of sp³-hybridized carbons (Fsp3) is 0.412. The molecule has 1 atom stereocenters. The number of carbonyl (C=O) groups excluding carboxylic acids is 1. The van der Waals surface area contributed by atoms with Crippen LogP contribution in [0.2, 0.25) is 0 Å². The van der Waals surface area contributed by atoms with Gasteiger partial charge in [-0.3, -0.25) is 4.79 Å². The first-order chi connectivity index (χ1) is 10.7. The van der Waals surface area contributed by atoms with E-state index in [2.05, 4.69) is 16.5 Å². The third-order valence-corrected chi connectivity index (χ3v) is 4.21. The molecule has 0 bridgehead atoms. The van der Waals surface area contributed by atoms with E-state index in [-0.39, 0.29) is 11.9 Å². The second-order valence-electron chi connectivity index (χ2n) is 5.47. The summed E-state index contributed by atoms with van der Waals surface area (Å²) < 4.78 is 10.4. The Labute approximate surface area is 129 Å². The van der Waals surface area contributed by atoms with Crippen molar-refractivity contribution in [2.45, 2.75) is 38.6 Å². The van der Waals surface area contributed by atoms with Crippen molar-refractivity contribution in [3.05, 3.63) is 46.8 Å². The number of rotatable bonds is 4. The predicted octanol–water partition coefficient (Wildman–Crippen LogP) is 3.05. The minimum atomic E-state index is -0.126. The number of amides is 1. The van der Waals surface area contributed by atoms with Crippen molar-refractivity contribution >= 4 is 5.91 Å². The molecule has 1 heterocycles. The molecule has 0 radical (unpaired) electrons. The van der Waals surface area contributed by atoms with Gasteiger partial charge >= 0.3 is 0 Å². The van der Waals surface area contributed by atoms with Crippen molar-refractivity contribution < 1.29 is 14.1 Å². The smallest absolute Gasteiger partial charge is 0.257 e. The Bertz CT molecular complexity index is 678. The van der Waals surface area contributed by atoms with Crippen LogP contribution in [0.4, 0.5) is 0 Å². The summed E-state index contributed by atoms with van der Waals surface area (Å²) in [5.41, 5.74) is 3.56. The van der Waals surface area contributed by atoms with E-state index < -0.39 is 0 Å². The minimum Gasteiger partial charge on any atom is -0.496 e. The number of benzene rings is 1. The Balaban J connectivity index is 1.85. The highest BCUT2D eigenvalue weighted by Crippen LogP contribution is 2.35. The molecule has 1 aliphatic rings. The molecule has 0 aliphatic heterocycles. The molecule has 1 aliphatic carbocycles. The molecule has 1 aromatic carbocycles. The summed E-state index contributed by atoms with van der Waals surface area (Å²) in [6.07, 6.45) is 5.04. The van der Waals surface area contributed by atoms with Gasteiger partial charge in [-0.25, -0.2) is 0 Å². The lowest BCUT2D eigenvalue weighted by Gasteiger charge is -2.27. The summed E-state index contributed by atoms with van der Waals surface area (Å²) in [6, 6.07) is 6.01. The van der Waals surface area contributed by atoms with Crippen LogP contribution in [0.5, 0.6) is 5.75 Å². The van der Waals surface area contributed by atoms with Gasteiger partial charge in [0.2, 0.25) is 0 Å². The highest BCUT2D eigenvalue weighted by Gasteiger charge is 2.25. The van der Waals surface area contributed by atoms with Crippen LogP contribution in [0.1, 0.15) is 53.0 Å². The van der Waals surface area contributed by atoms with Crippen LogP contribution in [0, 0.1) is 0 Å². The first kappa shape index (κ1) is 14.6. The molecular weight excluding hydrogens is 280 g/mol. The number of nitrogens with zero attached hydrogens (tertiary/aromatic N) is 1. The number of aryl methyl sites for hydroxylation is 1. The zero-order valence-corrected chi connectivity index (χ0v) is 12.9. The van der Waals surface area contributed by atoms with Crippen molar-refractivity contribution in [1.82, 2.24) is 10.5 Å². The average molecular weight is 300 g/mol. The highest BCUT2D eigenvalue weighted by atomic mass is 16.5. The number of hydrogen-bond donors (Lipinski definition) is 1. The van der Waals surface area contributed by atoms with Crippen molar-refractivity contribution in [3.8, 4) is 5.75 Å². The van der Waals surface area contributed by atoms with Gasteiger partial charge in [0, 0.05) is 0 Å². The number of ether oxygens (including phenoxy) is 1. The standard InChI is InChI=1S/C17H20N2O3/c1-3-14-13(10-22-19-14)17(20)18-15-8-4-7-12-11(15)6-5-9-16(12)21-2/h5-6,9-10,15H,3-4,7-8H2,1-2H3,(H,18,20). The van der Waals surface area contributed by atoms with E-state index in [9.17, 15) is 4.79 Å². The lowest BCUT2D eigenvalue weighted by Crippen LogP contribution is -2.31. The Morgan fingerprint density at radius 2 is 2.36 bits per heavy atom. The van der Waals surface area contributed by atoms with Gasteiger partial charge in [-0.15, -0.1) is 0 Å². The Kier molecular flexibility index (Phi) is 4.13. The third-order valence-electron chi connectivity index (χ3n) is 4.21. The van der Waals surface area contributed by atoms with E-state index in [1.54, 1.807) is 7.11 Å². The third kappa shape index (κ3) is 2.58. The normalized spacial score (nSPS) is 16.9. The number of fused-ring (bicyclic) bond motifs is 1. The molecule has 1 aromatic heterocycles. The molecule has 116 valence electrons. The van der Waals surface area contributed by atoms with E-state index in [0.29, 0.717) is 17.7 Å². The number of methoxy groups -OCH3 is 1. The van der Waals surface area contributed by atoms with Crippen molar-refractivity contribution in [2.75, 3.05) is 7.11 Å². The average Bonchev–Trinajstić information content (AvgIpc) is 3.03. The van der Waals surface area contributed by atoms with Gasteiger partial charge in [0.1, 0.15) is 17.6 Å². The van der Waals surface area contributed by atoms with Crippen LogP contribution in [-0.4, -0.2) is 18.2 Å². The summed E-state index contributed by atoms with van der Waals surface area (Å²) in [5.74, 6) is 0.773. The number of hydrogen-bond acceptors (Lipinski definition) is 4. The molecule has 5 heteroatoms. The lowest BCUT2D eigenvalue weighted by atomic mass is 9.87. The van der Waals surface area contributed by atoms with Crippen LogP contribution in [-0.2, 0) is 12.8 Å². The fourth-order valence-corrected chi connectivity index (χ4v) is 3.09. The van der Waals surface area contributed by atoms with Crippen molar-refractivity contribution in [2.24, 2.45) is 0 Å². The monoisotopic (exact) mass is 300 g/mol. The van der Waals surface area contributed by atoms with E-state index in [1.807, 2.05) is 19.1 Å². The molecule has 2 aromatic rings. The van der Waals surface area contributed by atoms with Crippen LogP contribution < -0.4 is 10.1 Å². The molecule has 1 N–H and O–H groups in total. The van der Waals surface area contributed by atoms with Gasteiger partial charge in [-0.2, -0.15) is 0 Å². The molecule has 3 rings (SSSR count). The molecule has 22 heavy (non-hydrogen) atoms. The van der Waals surface area contributed by atoms with E-state index >= 15 is 0 Å². The van der Waals surface area contributed by atoms with Gasteiger partial charge in [-0.05, 0) is 42.9 Å². The zero-order chi connectivity index (χ0) is 15.5. The van der Waals surface area contributed by atoms with E-state index in [1.165, 1.54) is 11.8 Å². The van der Waals surface area contributed by atoms with Crippen molar-refractivity contribution in [1.29, 1.82) is 0 Å². The largest absolute Gasteiger partial charge is 0.496 e. The SMILES string of the molecule is CCc1nocc1C(=O)NC1CCCc2c(OC)cccc21. The van der Waals surface area contributed by atoms with Gasteiger partial charge < -0.3 is 14.6 Å². The molecule has 0 saturated heterocycles. The molecule has 0 fully saturated rings. The minimum absolute atomic E-state index is 0.00551. The topological polar surface area (TPSA) is 64.4 Å². The molecule has 0 saturated carbocycles. The maximum absolute atomic E-state index is 12.5. The van der Waals surface area contributed by atoms with Crippen LogP contribution >= 0.6 is 0 Å². The summed E-state index contributed by atoms with van der Waals surface area (Å²) in [7, 11) is 1.68. The first-order valence-electron chi connectivity index (χ1n) is 7.64. The summed E-state index contributed by atoms with van der Waals surface area (Å²) in [5, 5.41) is 6.97. The summed E-state index contributed by atoms with van der Waals surface area (Å²) in [6.45, 7) is 1.95. The molecule has 5 nitrogen and oxygen atoms in total. The highest BCUT2D eigenvalue weighted by molar-refractivity contribution is 5.95. The fourth-order valence-electron chi connectivity index (χ4n) is 3.09. The first-order valence-corrected chi connectivity index (χ1v) is 7.64. The van der Waals surface area contributed by atoms with E-state index in [0.717, 1.165) is 30.6 Å². The summed E-state index contributed by atoms with van der Waals surface area (Å²) >= 11 is 0. The molecule has 1 unspecified atom stereocenters. The van der Waals surface area contributed by atoms with Gasteiger partial charge in [0.15, 0.2) is 0 Å². The maximum atomic E-state index is 12.5. The Morgan fingerprint density at radius 3 is 3.14 bits per heavy atom. The molecular formula is C17H20N2O3. The van der Waals surface area contributed by atoms with Gasteiger partial charge in [0.05, 0.1) is 18.8 Å². The quantitative estimate of drug-likeness (QED) is 0.942. The maximum Gasteiger partial charge on any atom is 0.257 e. The molecule has 0 spiro atoms. The number of aromatic nitrogens is 1. The second kappa shape index (κ2) is 6.22. The lowest BCUT2D eigenvalue weighted by molar-refractivity contribution is 0.0931. The molecule has 1 amide bonds. The van der Waals surface area contributed by atoms with Gasteiger partial charge in [0.25, 0.3) is 5.91 Å². The Morgan fingerprint density at radius 1 is 1.50 bits per heavy atom. The Hall–Kier alpha value is -2.30. The number of nitrogens with one attached hydrogen (secondary N) is 1. The van der Waals surface area contributed by atoms with Crippen LogP contribution in [0.15, 0.2) is 29.0 Å². The van der Waals surface area contributed by atoms with Crippen molar-refractivity contribution in [3.63, 3.8) is 0 Å². The van der Waals surface area contributed by atoms with Gasteiger partial charge in [-0.1, -0.05) is 24.2 Å². The zero-order valence-electron chi connectivity index (χ0n) is 12.9. The predicted molar refractivity (Wildman–Crippen MR) is 82.0 cm³/mol. The van der Waals surface area contributed by atoms with Crippen LogP contribution in [0.25, 0.3) is 0 Å². The van der Waals surface area contributed by atoms with E-state index in [4.69, 9.17) is 9.26 Å².